The summed E-state index contributed by atoms with van der Waals surface area (Å²) in [6, 6.07) is -1.53. The molecule has 0 aliphatic carbocycles. The van der Waals surface area contributed by atoms with Crippen LogP contribution in [0.15, 0.2) is 17.0 Å². The van der Waals surface area contributed by atoms with Gasteiger partial charge in [0, 0.05) is 21.1 Å². The van der Waals surface area contributed by atoms with Gasteiger partial charge in [0.1, 0.15) is 17.7 Å². The lowest BCUT2D eigenvalue weighted by Crippen LogP contribution is -2.45. The number of alkyl halides is 3. The van der Waals surface area contributed by atoms with Gasteiger partial charge in [0.2, 0.25) is 15.9 Å². The SMILES string of the molecule is C[C@@H](C(=O)N(C)C)N(C)S(=O)(=O)c1c(F)cc(C(F)(F)F)cc1F. The molecule has 0 spiro atoms. The molecule has 0 heterocycles. The normalized spacial score (nSPS) is 13.9. The summed E-state index contributed by atoms with van der Waals surface area (Å²) in [4.78, 5) is 11.3. The molecule has 0 aliphatic heterocycles. The average Bonchev–Trinajstić information content (AvgIpc) is 2.42. The quantitative estimate of drug-likeness (QED) is 0.759. The molecule has 0 N–H and O–H groups in total. The van der Waals surface area contributed by atoms with E-state index < -0.39 is 50.2 Å². The number of amides is 1. The van der Waals surface area contributed by atoms with Crippen LogP contribution in [-0.2, 0) is 21.0 Å². The average molecular weight is 374 g/mol. The number of halogens is 5. The third kappa shape index (κ3) is 3.83. The first-order chi connectivity index (χ1) is 10.7. The number of nitrogens with zero attached hydrogens (tertiary/aromatic N) is 2. The molecule has 1 aromatic carbocycles. The minimum atomic E-state index is -5.04. The van der Waals surface area contributed by atoms with Crippen LogP contribution in [0.4, 0.5) is 22.0 Å². The van der Waals surface area contributed by atoms with Crippen molar-refractivity contribution >= 4 is 15.9 Å². The molecule has 24 heavy (non-hydrogen) atoms. The number of carbonyl (C=O) groups excluding carboxylic acids is 1. The lowest BCUT2D eigenvalue weighted by Gasteiger charge is -2.26. The molecule has 136 valence electrons. The first kappa shape index (κ1) is 20.3. The molecule has 0 saturated heterocycles. The summed E-state index contributed by atoms with van der Waals surface area (Å²) in [6.45, 7) is 1.18. The van der Waals surface area contributed by atoms with Gasteiger partial charge >= 0.3 is 6.18 Å². The van der Waals surface area contributed by atoms with E-state index in [0.717, 1.165) is 11.9 Å². The zero-order valence-electron chi connectivity index (χ0n) is 13.1. The van der Waals surface area contributed by atoms with Crippen LogP contribution in [0.2, 0.25) is 0 Å². The van der Waals surface area contributed by atoms with Crippen molar-refractivity contribution in [2.75, 3.05) is 21.1 Å². The van der Waals surface area contributed by atoms with Crippen LogP contribution in [0.3, 0.4) is 0 Å². The highest BCUT2D eigenvalue weighted by Gasteiger charge is 2.38. The summed E-state index contributed by atoms with van der Waals surface area (Å²) in [5, 5.41) is 0. The number of benzene rings is 1. The molecule has 0 unspecified atom stereocenters. The Morgan fingerprint density at radius 2 is 1.50 bits per heavy atom. The van der Waals surface area contributed by atoms with Crippen LogP contribution in [0.1, 0.15) is 12.5 Å². The molecular formula is C13H15F5N2O3S. The highest BCUT2D eigenvalue weighted by molar-refractivity contribution is 7.89. The number of hydrogen-bond donors (Lipinski definition) is 0. The Morgan fingerprint density at radius 3 is 1.83 bits per heavy atom. The summed E-state index contributed by atoms with van der Waals surface area (Å²) in [5.74, 6) is -4.45. The van der Waals surface area contributed by atoms with Crippen LogP contribution in [0.5, 0.6) is 0 Å². The Bertz CT molecular complexity index is 723. The molecule has 0 aromatic heterocycles. The van der Waals surface area contributed by atoms with Crippen LogP contribution in [0, 0.1) is 11.6 Å². The molecule has 1 aromatic rings. The van der Waals surface area contributed by atoms with Gasteiger partial charge in [-0.3, -0.25) is 4.79 Å². The molecule has 1 atom stereocenters. The maximum absolute atomic E-state index is 13.9. The third-order valence-electron chi connectivity index (χ3n) is 3.31. The lowest BCUT2D eigenvalue weighted by atomic mass is 10.2. The zero-order chi connectivity index (χ0) is 19.0. The van der Waals surface area contributed by atoms with E-state index in [1.807, 2.05) is 0 Å². The number of likely N-dealkylation sites (N-methyl/N-ethyl adjacent to an activating group) is 2. The number of carbonyl (C=O) groups is 1. The van der Waals surface area contributed by atoms with Crippen LogP contribution in [0.25, 0.3) is 0 Å². The summed E-state index contributed by atoms with van der Waals surface area (Å²) >= 11 is 0. The van der Waals surface area contributed by atoms with Crippen LogP contribution in [-0.4, -0.2) is 50.7 Å². The topological polar surface area (TPSA) is 57.7 Å². The maximum Gasteiger partial charge on any atom is 0.416 e. The molecule has 0 bridgehead atoms. The standard InChI is InChI=1S/C13H15F5N2O3S/c1-7(12(21)19(2)3)20(4)24(22,23)11-9(14)5-8(6-10(11)15)13(16,17)18/h5-7H,1-4H3/t7-/m0/s1. The van der Waals surface area contributed by atoms with E-state index in [1.54, 1.807) is 0 Å². The predicted molar refractivity (Wildman–Crippen MR) is 74.5 cm³/mol. The Morgan fingerprint density at radius 1 is 1.08 bits per heavy atom. The van der Waals surface area contributed by atoms with Crippen molar-refractivity contribution in [2.24, 2.45) is 0 Å². The van der Waals surface area contributed by atoms with Gasteiger partial charge in [-0.05, 0) is 19.1 Å². The van der Waals surface area contributed by atoms with Gasteiger partial charge in [-0.2, -0.15) is 17.5 Å². The van der Waals surface area contributed by atoms with Crippen molar-refractivity contribution in [1.29, 1.82) is 0 Å². The first-order valence-corrected chi connectivity index (χ1v) is 7.90. The maximum atomic E-state index is 13.9. The summed E-state index contributed by atoms with van der Waals surface area (Å²) in [7, 11) is -1.28. The Hall–Kier alpha value is -1.75. The fraction of sp³-hybridized carbons (Fsp3) is 0.462. The number of rotatable bonds is 4. The molecule has 1 rings (SSSR count). The molecule has 0 radical (unpaired) electrons. The Balaban J connectivity index is 3.42. The van der Waals surface area contributed by atoms with E-state index >= 15 is 0 Å². The Kier molecular flexibility index (Phi) is 5.61. The van der Waals surface area contributed by atoms with Gasteiger partial charge in [-0.1, -0.05) is 0 Å². The van der Waals surface area contributed by atoms with Crippen molar-refractivity contribution < 1.29 is 35.2 Å². The Labute approximate surface area is 135 Å². The highest BCUT2D eigenvalue weighted by atomic mass is 32.2. The van der Waals surface area contributed by atoms with Crippen molar-refractivity contribution in [3.8, 4) is 0 Å². The fourth-order valence-corrected chi connectivity index (χ4v) is 3.26. The number of sulfonamides is 1. The summed E-state index contributed by atoms with van der Waals surface area (Å²) < 4.78 is 90.3. The van der Waals surface area contributed by atoms with Gasteiger partial charge in [0.05, 0.1) is 5.56 Å². The van der Waals surface area contributed by atoms with Gasteiger partial charge in [0.25, 0.3) is 0 Å². The minimum absolute atomic E-state index is 0.109. The van der Waals surface area contributed by atoms with E-state index in [1.165, 1.54) is 21.0 Å². The van der Waals surface area contributed by atoms with Crippen LogP contribution >= 0.6 is 0 Å². The highest BCUT2D eigenvalue weighted by Crippen LogP contribution is 2.33. The van der Waals surface area contributed by atoms with E-state index in [2.05, 4.69) is 0 Å². The van der Waals surface area contributed by atoms with Gasteiger partial charge in [0.15, 0.2) is 4.90 Å². The second kappa shape index (κ2) is 6.63. The predicted octanol–water partition coefficient (Wildman–Crippen LogP) is 2.08. The van der Waals surface area contributed by atoms with Gasteiger partial charge in [-0.15, -0.1) is 0 Å². The molecular weight excluding hydrogens is 359 g/mol. The second-order valence-electron chi connectivity index (χ2n) is 5.20. The molecule has 5 nitrogen and oxygen atoms in total. The van der Waals surface area contributed by atoms with Crippen LogP contribution < -0.4 is 0 Å². The van der Waals surface area contributed by atoms with Gasteiger partial charge in [-0.25, -0.2) is 17.2 Å². The lowest BCUT2D eigenvalue weighted by molar-refractivity contribution is -0.138. The molecule has 0 fully saturated rings. The van der Waals surface area contributed by atoms with E-state index in [4.69, 9.17) is 0 Å². The van der Waals surface area contributed by atoms with E-state index in [0.29, 0.717) is 4.31 Å². The van der Waals surface area contributed by atoms with Crippen molar-refractivity contribution in [3.05, 3.63) is 29.3 Å². The monoisotopic (exact) mass is 374 g/mol. The largest absolute Gasteiger partial charge is 0.416 e. The van der Waals surface area contributed by atoms with Crippen molar-refractivity contribution in [1.82, 2.24) is 9.21 Å². The molecule has 0 aliphatic rings. The molecule has 1 amide bonds. The minimum Gasteiger partial charge on any atom is -0.347 e. The third-order valence-corrected chi connectivity index (χ3v) is 5.29. The first-order valence-electron chi connectivity index (χ1n) is 6.46. The van der Waals surface area contributed by atoms with E-state index in [-0.39, 0.29) is 12.1 Å². The van der Waals surface area contributed by atoms with Crippen molar-refractivity contribution in [3.63, 3.8) is 0 Å². The second-order valence-corrected chi connectivity index (χ2v) is 7.13. The fourth-order valence-electron chi connectivity index (χ4n) is 1.85. The smallest absolute Gasteiger partial charge is 0.347 e. The number of hydrogen-bond acceptors (Lipinski definition) is 3. The zero-order valence-corrected chi connectivity index (χ0v) is 14.0. The molecule has 0 saturated carbocycles. The van der Waals surface area contributed by atoms with Gasteiger partial charge < -0.3 is 4.90 Å². The molecule has 11 heteroatoms. The van der Waals surface area contributed by atoms with Crippen molar-refractivity contribution in [2.45, 2.75) is 24.0 Å². The van der Waals surface area contributed by atoms with E-state index in [9.17, 15) is 35.2 Å². The summed E-state index contributed by atoms with van der Waals surface area (Å²) in [6.07, 6.45) is -5.04. The summed E-state index contributed by atoms with van der Waals surface area (Å²) in [5.41, 5.74) is -1.66.